The Kier molecular flexibility index (Phi) is 5.49. The first-order valence-electron chi connectivity index (χ1n) is 5.84. The summed E-state index contributed by atoms with van der Waals surface area (Å²) in [5, 5.41) is 0. The van der Waals surface area contributed by atoms with Gasteiger partial charge in [0.25, 0.3) is 0 Å². The van der Waals surface area contributed by atoms with Crippen LogP contribution in [0.2, 0.25) is 0 Å². The van der Waals surface area contributed by atoms with E-state index >= 15 is 0 Å². The molecule has 0 bridgehead atoms. The van der Waals surface area contributed by atoms with E-state index < -0.39 is 0 Å². The molecule has 0 heterocycles. The van der Waals surface area contributed by atoms with Crippen molar-refractivity contribution in [1.82, 2.24) is 0 Å². The van der Waals surface area contributed by atoms with Crippen molar-refractivity contribution < 1.29 is 0 Å². The Morgan fingerprint density at radius 1 is 1.19 bits per heavy atom. The maximum absolute atomic E-state index is 3.23. The van der Waals surface area contributed by atoms with Crippen molar-refractivity contribution in [2.75, 3.05) is 5.75 Å². The zero-order chi connectivity index (χ0) is 12.0. The van der Waals surface area contributed by atoms with Gasteiger partial charge >= 0.3 is 0 Å². The minimum absolute atomic E-state index is 0.426. The summed E-state index contributed by atoms with van der Waals surface area (Å²) in [6.45, 7) is 8.52. The molecule has 0 radical (unpaired) electrons. The standard InChI is InChI=1S/C15H20S/c1-5-7-12(3)13(4)14-8-10-15(11-9-14)16-6-2/h8-13H,6H2,1-4H3. The van der Waals surface area contributed by atoms with Gasteiger partial charge in [-0.05, 0) is 36.3 Å². The topological polar surface area (TPSA) is 0 Å². The minimum atomic E-state index is 0.426. The zero-order valence-corrected chi connectivity index (χ0v) is 11.4. The van der Waals surface area contributed by atoms with Crippen LogP contribution in [0.25, 0.3) is 0 Å². The molecule has 1 heteroatoms. The van der Waals surface area contributed by atoms with E-state index in [4.69, 9.17) is 0 Å². The van der Waals surface area contributed by atoms with Crippen molar-refractivity contribution in [3.8, 4) is 11.8 Å². The van der Waals surface area contributed by atoms with Crippen LogP contribution in [0.1, 0.15) is 39.2 Å². The van der Waals surface area contributed by atoms with E-state index in [0.717, 1.165) is 5.75 Å². The lowest BCUT2D eigenvalue weighted by Gasteiger charge is -2.15. The lowest BCUT2D eigenvalue weighted by atomic mass is 9.89. The van der Waals surface area contributed by atoms with Crippen molar-refractivity contribution in [1.29, 1.82) is 0 Å². The Bertz CT molecular complexity index is 367. The van der Waals surface area contributed by atoms with Gasteiger partial charge in [0.05, 0.1) is 0 Å². The van der Waals surface area contributed by atoms with Crippen LogP contribution in [0.3, 0.4) is 0 Å². The van der Waals surface area contributed by atoms with Gasteiger partial charge in [-0.1, -0.05) is 38.8 Å². The van der Waals surface area contributed by atoms with Gasteiger partial charge in [-0.3, -0.25) is 0 Å². The Hall–Kier alpha value is -0.870. The Morgan fingerprint density at radius 3 is 2.31 bits per heavy atom. The van der Waals surface area contributed by atoms with E-state index in [-0.39, 0.29) is 0 Å². The van der Waals surface area contributed by atoms with Crippen molar-refractivity contribution in [2.45, 2.75) is 38.5 Å². The number of thioether (sulfide) groups is 1. The summed E-state index contributed by atoms with van der Waals surface area (Å²) in [7, 11) is 0. The average molecular weight is 232 g/mol. The predicted molar refractivity (Wildman–Crippen MR) is 73.9 cm³/mol. The number of hydrogen-bond donors (Lipinski definition) is 0. The van der Waals surface area contributed by atoms with Crippen molar-refractivity contribution in [3.63, 3.8) is 0 Å². The van der Waals surface area contributed by atoms with E-state index in [1.165, 1.54) is 10.5 Å². The van der Waals surface area contributed by atoms with Gasteiger partial charge in [0.1, 0.15) is 0 Å². The molecule has 86 valence electrons. The van der Waals surface area contributed by atoms with Crippen LogP contribution in [0.5, 0.6) is 0 Å². The molecule has 0 saturated carbocycles. The highest BCUT2D eigenvalue weighted by Gasteiger charge is 2.11. The smallest absolute Gasteiger partial charge is 0.0240 e. The summed E-state index contributed by atoms with van der Waals surface area (Å²) >= 11 is 1.89. The molecule has 0 aliphatic carbocycles. The minimum Gasteiger partial charge on any atom is -0.126 e. The first-order chi connectivity index (χ1) is 7.69. The third kappa shape index (κ3) is 3.61. The maximum atomic E-state index is 3.23. The van der Waals surface area contributed by atoms with Crippen LogP contribution in [0, 0.1) is 17.8 Å². The SMILES string of the molecule is CC#CC(C)C(C)c1ccc(SCC)cc1. The molecule has 1 rings (SSSR count). The normalized spacial score (nSPS) is 13.8. The third-order valence-electron chi connectivity index (χ3n) is 2.84. The van der Waals surface area contributed by atoms with Crippen molar-refractivity contribution in [3.05, 3.63) is 29.8 Å². The van der Waals surface area contributed by atoms with Crippen LogP contribution >= 0.6 is 11.8 Å². The summed E-state index contributed by atoms with van der Waals surface area (Å²) in [5.74, 6) is 8.29. The second-order valence-corrected chi connectivity index (χ2v) is 5.31. The molecule has 0 aliphatic rings. The Morgan fingerprint density at radius 2 is 1.81 bits per heavy atom. The molecule has 0 aliphatic heterocycles. The molecule has 0 fully saturated rings. The molecule has 0 nitrogen and oxygen atoms in total. The lowest BCUT2D eigenvalue weighted by molar-refractivity contribution is 0.609. The molecule has 0 saturated heterocycles. The average Bonchev–Trinajstić information content (AvgIpc) is 2.30. The first-order valence-corrected chi connectivity index (χ1v) is 6.82. The van der Waals surface area contributed by atoms with E-state index in [1.54, 1.807) is 0 Å². The lowest BCUT2D eigenvalue weighted by Crippen LogP contribution is -2.03. The monoisotopic (exact) mass is 232 g/mol. The molecule has 0 aromatic heterocycles. The fraction of sp³-hybridized carbons (Fsp3) is 0.467. The van der Waals surface area contributed by atoms with E-state index in [9.17, 15) is 0 Å². The van der Waals surface area contributed by atoms with Crippen LogP contribution in [-0.2, 0) is 0 Å². The molecule has 1 aromatic rings. The fourth-order valence-electron chi connectivity index (χ4n) is 1.68. The second kappa shape index (κ2) is 6.66. The highest BCUT2D eigenvalue weighted by molar-refractivity contribution is 7.99. The largest absolute Gasteiger partial charge is 0.126 e. The van der Waals surface area contributed by atoms with Gasteiger partial charge in [0.15, 0.2) is 0 Å². The zero-order valence-electron chi connectivity index (χ0n) is 10.6. The number of rotatable bonds is 4. The third-order valence-corrected chi connectivity index (χ3v) is 3.73. The predicted octanol–water partition coefficient (Wildman–Crippen LogP) is 4.56. The van der Waals surface area contributed by atoms with Crippen LogP contribution in [-0.4, -0.2) is 5.75 Å². The second-order valence-electron chi connectivity index (χ2n) is 3.97. The highest BCUT2D eigenvalue weighted by Crippen LogP contribution is 2.26. The van der Waals surface area contributed by atoms with Gasteiger partial charge in [0, 0.05) is 10.8 Å². The van der Waals surface area contributed by atoms with Gasteiger partial charge in [-0.2, -0.15) is 0 Å². The summed E-state index contributed by atoms with van der Waals surface area (Å²) in [6.07, 6.45) is 0. The molecule has 2 atom stereocenters. The van der Waals surface area contributed by atoms with Gasteiger partial charge in [-0.25, -0.2) is 0 Å². The van der Waals surface area contributed by atoms with Crippen LogP contribution in [0.4, 0.5) is 0 Å². The van der Waals surface area contributed by atoms with Crippen molar-refractivity contribution >= 4 is 11.8 Å². The van der Waals surface area contributed by atoms with Gasteiger partial charge < -0.3 is 0 Å². The molecule has 16 heavy (non-hydrogen) atoms. The quantitative estimate of drug-likeness (QED) is 0.541. The summed E-state index contributed by atoms with van der Waals surface area (Å²) in [5.41, 5.74) is 1.38. The molecule has 0 N–H and O–H groups in total. The van der Waals surface area contributed by atoms with Crippen LogP contribution in [0.15, 0.2) is 29.2 Å². The van der Waals surface area contributed by atoms with Gasteiger partial charge in [0.2, 0.25) is 0 Å². The van der Waals surface area contributed by atoms with Crippen LogP contribution < -0.4 is 0 Å². The molecule has 2 unspecified atom stereocenters. The van der Waals surface area contributed by atoms with Gasteiger partial charge in [-0.15, -0.1) is 17.7 Å². The van der Waals surface area contributed by atoms with Crippen molar-refractivity contribution in [2.24, 2.45) is 5.92 Å². The highest BCUT2D eigenvalue weighted by atomic mass is 32.2. The van der Waals surface area contributed by atoms with E-state index in [2.05, 4.69) is 56.9 Å². The first kappa shape index (κ1) is 13.2. The molecule has 1 aromatic carbocycles. The van der Waals surface area contributed by atoms with E-state index in [1.807, 2.05) is 18.7 Å². The molecule has 0 amide bonds. The Balaban J connectivity index is 2.75. The van der Waals surface area contributed by atoms with E-state index in [0.29, 0.717) is 11.8 Å². The Labute approximate surface area is 104 Å². The molecular weight excluding hydrogens is 212 g/mol. The number of benzene rings is 1. The fourth-order valence-corrected chi connectivity index (χ4v) is 2.34. The summed E-state index contributed by atoms with van der Waals surface area (Å²) in [4.78, 5) is 1.35. The summed E-state index contributed by atoms with van der Waals surface area (Å²) in [6, 6.07) is 8.89. The molecular formula is C15H20S. The number of hydrogen-bond acceptors (Lipinski definition) is 1. The summed E-state index contributed by atoms with van der Waals surface area (Å²) < 4.78 is 0. The molecule has 0 spiro atoms. The maximum Gasteiger partial charge on any atom is 0.0240 e.